The van der Waals surface area contributed by atoms with E-state index in [0.717, 1.165) is 48.3 Å². The molecule has 0 atom stereocenters. The Morgan fingerprint density at radius 2 is 1.73 bits per heavy atom. The summed E-state index contributed by atoms with van der Waals surface area (Å²) < 4.78 is 11.2. The van der Waals surface area contributed by atoms with Gasteiger partial charge in [0.2, 0.25) is 0 Å². The Bertz CT molecular complexity index is 1130. The molecule has 0 aromatic heterocycles. The van der Waals surface area contributed by atoms with Gasteiger partial charge in [-0.1, -0.05) is 12.1 Å². The average Bonchev–Trinajstić information content (AvgIpc) is 3.44. The molecule has 2 saturated heterocycles. The van der Waals surface area contributed by atoms with Crippen LogP contribution in [-0.2, 0) is 11.3 Å². The normalized spacial score (nSPS) is 17.2. The summed E-state index contributed by atoms with van der Waals surface area (Å²) in [5.41, 5.74) is 2.15. The molecule has 0 spiro atoms. The van der Waals surface area contributed by atoms with Gasteiger partial charge in [0.1, 0.15) is 11.5 Å². The van der Waals surface area contributed by atoms with Crippen LogP contribution < -0.4 is 14.4 Å². The molecule has 2 amide bonds. The van der Waals surface area contributed by atoms with Crippen molar-refractivity contribution in [3.05, 3.63) is 62.5 Å². The number of amides is 2. The standard InChI is InChI=1S/C23H23N3O6S/c1-31-19-13-18(24-9-3-4-10-24)20(32-2)11-16(19)12-21-22(27)25(23(28)33-21)14-15-5-7-17(8-6-15)26(29)30/h5-8,11-13H,3-4,9-10,14H2,1-2H3/b21-12-. The van der Waals surface area contributed by atoms with Gasteiger partial charge >= 0.3 is 0 Å². The third-order valence-electron chi connectivity index (χ3n) is 5.63. The lowest BCUT2D eigenvalue weighted by Crippen LogP contribution is -2.27. The predicted octanol–water partition coefficient (Wildman–Crippen LogP) is 4.45. The van der Waals surface area contributed by atoms with Gasteiger partial charge in [-0.15, -0.1) is 0 Å². The molecule has 2 aromatic rings. The summed E-state index contributed by atoms with van der Waals surface area (Å²) in [7, 11) is 3.16. The maximum atomic E-state index is 13.0. The van der Waals surface area contributed by atoms with Gasteiger partial charge in [0.25, 0.3) is 16.8 Å². The molecule has 2 fully saturated rings. The zero-order valence-electron chi connectivity index (χ0n) is 18.3. The van der Waals surface area contributed by atoms with Gasteiger partial charge in [0, 0.05) is 36.9 Å². The van der Waals surface area contributed by atoms with Crippen molar-refractivity contribution in [3.63, 3.8) is 0 Å². The molecular formula is C23H23N3O6S. The lowest BCUT2D eigenvalue weighted by atomic mass is 10.1. The van der Waals surface area contributed by atoms with Crippen LogP contribution in [0.4, 0.5) is 16.2 Å². The van der Waals surface area contributed by atoms with E-state index in [1.54, 1.807) is 20.3 Å². The molecule has 0 unspecified atom stereocenters. The zero-order valence-corrected chi connectivity index (χ0v) is 19.1. The van der Waals surface area contributed by atoms with Crippen LogP contribution in [-0.4, -0.2) is 48.3 Å². The Balaban J connectivity index is 1.59. The second-order valence-electron chi connectivity index (χ2n) is 7.65. The summed E-state index contributed by atoms with van der Waals surface area (Å²) >= 11 is 0.850. The first-order chi connectivity index (χ1) is 15.9. The van der Waals surface area contributed by atoms with Gasteiger partial charge in [0.05, 0.1) is 36.3 Å². The van der Waals surface area contributed by atoms with Crippen molar-refractivity contribution in [1.82, 2.24) is 4.90 Å². The summed E-state index contributed by atoms with van der Waals surface area (Å²) in [4.78, 5) is 39.5. The van der Waals surface area contributed by atoms with Crippen LogP contribution in [0.25, 0.3) is 6.08 Å². The van der Waals surface area contributed by atoms with Gasteiger partial charge in [-0.25, -0.2) is 0 Å². The van der Waals surface area contributed by atoms with E-state index in [1.165, 1.54) is 24.3 Å². The largest absolute Gasteiger partial charge is 0.496 e. The summed E-state index contributed by atoms with van der Waals surface area (Å²) in [6, 6.07) is 9.49. The molecule has 2 aromatic carbocycles. The van der Waals surface area contributed by atoms with Crippen molar-refractivity contribution >= 4 is 40.4 Å². The van der Waals surface area contributed by atoms with Crippen molar-refractivity contribution in [2.75, 3.05) is 32.2 Å². The van der Waals surface area contributed by atoms with Crippen molar-refractivity contribution < 1.29 is 24.0 Å². The molecule has 0 bridgehead atoms. The second-order valence-corrected chi connectivity index (χ2v) is 8.64. The molecule has 4 rings (SSSR count). The Labute approximate surface area is 195 Å². The van der Waals surface area contributed by atoms with Crippen LogP contribution in [0, 0.1) is 10.1 Å². The lowest BCUT2D eigenvalue weighted by molar-refractivity contribution is -0.384. The van der Waals surface area contributed by atoms with Crippen molar-refractivity contribution in [3.8, 4) is 11.5 Å². The monoisotopic (exact) mass is 469 g/mol. The molecule has 9 nitrogen and oxygen atoms in total. The molecule has 172 valence electrons. The zero-order chi connectivity index (χ0) is 23.5. The quantitative estimate of drug-likeness (QED) is 0.333. The lowest BCUT2D eigenvalue weighted by Gasteiger charge is -2.22. The number of benzene rings is 2. The molecule has 2 aliphatic rings. The number of methoxy groups -OCH3 is 2. The summed E-state index contributed by atoms with van der Waals surface area (Å²) in [5.74, 6) is 0.835. The molecule has 2 aliphatic heterocycles. The molecule has 10 heteroatoms. The van der Waals surface area contributed by atoms with Crippen LogP contribution in [0.5, 0.6) is 11.5 Å². The van der Waals surface area contributed by atoms with Crippen LogP contribution in [0.1, 0.15) is 24.0 Å². The Morgan fingerprint density at radius 1 is 1.06 bits per heavy atom. The van der Waals surface area contributed by atoms with E-state index in [9.17, 15) is 19.7 Å². The van der Waals surface area contributed by atoms with E-state index < -0.39 is 16.1 Å². The third-order valence-corrected chi connectivity index (χ3v) is 6.53. The first-order valence-electron chi connectivity index (χ1n) is 10.4. The molecule has 2 heterocycles. The highest BCUT2D eigenvalue weighted by Gasteiger charge is 2.35. The van der Waals surface area contributed by atoms with E-state index in [2.05, 4.69) is 4.90 Å². The number of non-ortho nitro benzene ring substituents is 1. The van der Waals surface area contributed by atoms with Crippen molar-refractivity contribution in [2.45, 2.75) is 19.4 Å². The minimum atomic E-state index is -0.497. The number of hydrogen-bond acceptors (Lipinski definition) is 8. The molecule has 0 aliphatic carbocycles. The van der Waals surface area contributed by atoms with Gasteiger partial charge in [-0.3, -0.25) is 24.6 Å². The van der Waals surface area contributed by atoms with Crippen LogP contribution in [0.2, 0.25) is 0 Å². The van der Waals surface area contributed by atoms with E-state index in [1.807, 2.05) is 12.1 Å². The average molecular weight is 470 g/mol. The highest BCUT2D eigenvalue weighted by molar-refractivity contribution is 8.18. The summed E-state index contributed by atoms with van der Waals surface area (Å²) in [6.45, 7) is 1.93. The van der Waals surface area contributed by atoms with E-state index in [0.29, 0.717) is 22.6 Å². The molecule has 0 N–H and O–H groups in total. The number of anilines is 1. The van der Waals surface area contributed by atoms with E-state index in [-0.39, 0.29) is 17.1 Å². The molecule has 0 saturated carbocycles. The van der Waals surface area contributed by atoms with Crippen molar-refractivity contribution in [2.24, 2.45) is 0 Å². The SMILES string of the molecule is COc1cc(N2CCCC2)c(OC)cc1/C=C1\SC(=O)N(Cc2ccc([N+](=O)[O-])cc2)C1=O. The number of nitrogens with zero attached hydrogens (tertiary/aromatic N) is 3. The number of nitro benzene ring substituents is 1. The Kier molecular flexibility index (Phi) is 6.55. The highest BCUT2D eigenvalue weighted by Crippen LogP contribution is 2.40. The first kappa shape index (κ1) is 22.7. The fourth-order valence-electron chi connectivity index (χ4n) is 3.91. The third kappa shape index (κ3) is 4.65. The van der Waals surface area contributed by atoms with Gasteiger partial charge in [0.15, 0.2) is 0 Å². The molecular weight excluding hydrogens is 446 g/mol. The number of imide groups is 1. The number of nitro groups is 1. The van der Waals surface area contributed by atoms with Crippen LogP contribution in [0.3, 0.4) is 0 Å². The van der Waals surface area contributed by atoms with E-state index >= 15 is 0 Å². The molecule has 33 heavy (non-hydrogen) atoms. The van der Waals surface area contributed by atoms with Crippen molar-refractivity contribution in [1.29, 1.82) is 0 Å². The van der Waals surface area contributed by atoms with Crippen LogP contribution in [0.15, 0.2) is 41.3 Å². The summed E-state index contributed by atoms with van der Waals surface area (Å²) in [6.07, 6.45) is 3.88. The number of thioether (sulfide) groups is 1. The fraction of sp³-hybridized carbons (Fsp3) is 0.304. The van der Waals surface area contributed by atoms with E-state index in [4.69, 9.17) is 9.47 Å². The fourth-order valence-corrected chi connectivity index (χ4v) is 4.74. The Hall–Kier alpha value is -3.53. The predicted molar refractivity (Wildman–Crippen MR) is 126 cm³/mol. The molecule has 0 radical (unpaired) electrons. The van der Waals surface area contributed by atoms with Gasteiger partial charge in [-0.2, -0.15) is 0 Å². The topological polar surface area (TPSA) is 102 Å². The minimum absolute atomic E-state index is 0.0361. The maximum Gasteiger partial charge on any atom is 0.293 e. The number of carbonyl (C=O) groups is 2. The number of carbonyl (C=O) groups excluding carboxylic acids is 2. The Morgan fingerprint density at radius 3 is 2.33 bits per heavy atom. The smallest absolute Gasteiger partial charge is 0.293 e. The second kappa shape index (κ2) is 9.53. The number of rotatable bonds is 7. The summed E-state index contributed by atoms with van der Waals surface area (Å²) in [5, 5.41) is 10.4. The minimum Gasteiger partial charge on any atom is -0.496 e. The first-order valence-corrected chi connectivity index (χ1v) is 11.2. The van der Waals surface area contributed by atoms with Gasteiger partial charge in [-0.05, 0) is 42.3 Å². The maximum absolute atomic E-state index is 13.0. The number of ether oxygens (including phenoxy) is 2. The van der Waals surface area contributed by atoms with Crippen LogP contribution >= 0.6 is 11.8 Å². The van der Waals surface area contributed by atoms with Gasteiger partial charge < -0.3 is 14.4 Å². The number of hydrogen-bond donors (Lipinski definition) is 0. The highest BCUT2D eigenvalue weighted by atomic mass is 32.2.